The Morgan fingerprint density at radius 1 is 1.18 bits per heavy atom. The van der Waals surface area contributed by atoms with Gasteiger partial charge in [-0.3, -0.25) is 0 Å². The zero-order valence-electron chi connectivity index (χ0n) is 14.2. The van der Waals surface area contributed by atoms with E-state index in [1.54, 1.807) is 6.08 Å². The monoisotopic (exact) mass is 295 g/mol. The van der Waals surface area contributed by atoms with Crippen molar-refractivity contribution in [2.45, 2.75) is 20.8 Å². The number of allylic oxidation sites excluding steroid dienone is 5. The van der Waals surface area contributed by atoms with Gasteiger partial charge in [-0.2, -0.15) is 0 Å². The molecule has 0 spiro atoms. The zero-order valence-corrected chi connectivity index (χ0v) is 14.2. The van der Waals surface area contributed by atoms with E-state index in [0.717, 1.165) is 28.4 Å². The fourth-order valence-electron chi connectivity index (χ4n) is 1.68. The van der Waals surface area contributed by atoms with Crippen LogP contribution in [0.2, 0.25) is 0 Å². The number of pyridine rings is 1. The minimum Gasteiger partial charge on any atom is -0.363 e. The number of rotatable bonds is 6. The van der Waals surface area contributed by atoms with Gasteiger partial charge >= 0.3 is 0 Å². The van der Waals surface area contributed by atoms with Crippen LogP contribution < -0.4 is 4.90 Å². The van der Waals surface area contributed by atoms with Crippen LogP contribution in [0.4, 0.5) is 5.82 Å². The Balaban J connectivity index is 3.22. The van der Waals surface area contributed by atoms with E-state index in [1.165, 1.54) is 5.57 Å². The first-order valence-electron chi connectivity index (χ1n) is 7.21. The largest absolute Gasteiger partial charge is 0.363 e. The molecule has 1 aromatic heterocycles. The van der Waals surface area contributed by atoms with Crippen molar-refractivity contribution in [1.29, 1.82) is 0 Å². The summed E-state index contributed by atoms with van der Waals surface area (Å²) >= 11 is 0. The van der Waals surface area contributed by atoms with Crippen molar-refractivity contribution in [1.82, 2.24) is 4.98 Å². The summed E-state index contributed by atoms with van der Waals surface area (Å²) < 4.78 is 0. The predicted octanol–water partition coefficient (Wildman–Crippen LogP) is 4.55. The first-order valence-corrected chi connectivity index (χ1v) is 7.21. The van der Waals surface area contributed by atoms with Crippen LogP contribution in [0.25, 0.3) is 0 Å². The maximum absolute atomic E-state index is 4.67. The molecule has 0 bridgehead atoms. The van der Waals surface area contributed by atoms with Gasteiger partial charge in [0.25, 0.3) is 0 Å². The molecule has 116 valence electrons. The Bertz CT molecular complexity index is 625. The highest BCUT2D eigenvalue weighted by atomic mass is 15.1. The number of aromatic nitrogens is 1. The number of anilines is 1. The second-order valence-corrected chi connectivity index (χ2v) is 5.58. The molecule has 22 heavy (non-hydrogen) atoms. The molecular formula is C19H25N3. The lowest BCUT2D eigenvalue weighted by atomic mass is 10.1. The lowest BCUT2D eigenvalue weighted by Crippen LogP contribution is -2.11. The summed E-state index contributed by atoms with van der Waals surface area (Å²) in [6.45, 7) is 13.9. The molecule has 0 radical (unpaired) electrons. The molecule has 0 fully saturated rings. The molecule has 0 aromatic carbocycles. The van der Waals surface area contributed by atoms with Crippen LogP contribution in [-0.2, 0) is 0 Å². The Morgan fingerprint density at radius 3 is 2.27 bits per heavy atom. The average Bonchev–Trinajstić information content (AvgIpc) is 2.47. The van der Waals surface area contributed by atoms with E-state index in [1.807, 2.05) is 56.4 Å². The minimum atomic E-state index is 0.786. The van der Waals surface area contributed by atoms with E-state index in [-0.39, 0.29) is 0 Å². The molecule has 1 rings (SSSR count). The third-order valence-corrected chi connectivity index (χ3v) is 2.95. The van der Waals surface area contributed by atoms with Crippen LogP contribution in [-0.4, -0.2) is 24.8 Å². The van der Waals surface area contributed by atoms with Gasteiger partial charge in [0, 0.05) is 25.9 Å². The second kappa shape index (κ2) is 8.13. The first kappa shape index (κ1) is 17.6. The molecule has 1 heterocycles. The Hall–Kier alpha value is -2.42. The summed E-state index contributed by atoms with van der Waals surface area (Å²) in [5, 5.41) is 0. The predicted molar refractivity (Wildman–Crippen MR) is 97.6 cm³/mol. The van der Waals surface area contributed by atoms with Gasteiger partial charge in [-0.1, -0.05) is 24.8 Å². The summed E-state index contributed by atoms with van der Waals surface area (Å²) in [6, 6.07) is 3.97. The van der Waals surface area contributed by atoms with Crippen LogP contribution in [0.15, 0.2) is 71.6 Å². The topological polar surface area (TPSA) is 28.5 Å². The van der Waals surface area contributed by atoms with Crippen molar-refractivity contribution in [3.05, 3.63) is 72.1 Å². The Kier molecular flexibility index (Phi) is 6.51. The maximum atomic E-state index is 4.67. The van der Waals surface area contributed by atoms with Gasteiger partial charge < -0.3 is 4.90 Å². The molecule has 0 unspecified atom stereocenters. The van der Waals surface area contributed by atoms with Crippen LogP contribution in [0.5, 0.6) is 0 Å². The highest BCUT2D eigenvalue weighted by Gasteiger charge is 2.04. The van der Waals surface area contributed by atoms with Crippen molar-refractivity contribution in [2.75, 3.05) is 19.0 Å². The van der Waals surface area contributed by atoms with Crippen molar-refractivity contribution < 1.29 is 0 Å². The van der Waals surface area contributed by atoms with Gasteiger partial charge in [-0.15, -0.1) is 0 Å². The quantitative estimate of drug-likeness (QED) is 0.569. The molecule has 0 amide bonds. The molecule has 0 aliphatic rings. The average molecular weight is 295 g/mol. The summed E-state index contributed by atoms with van der Waals surface area (Å²) in [5.74, 6) is 0.910. The number of aliphatic imine (C=N–C) groups is 1. The van der Waals surface area contributed by atoms with Gasteiger partial charge in [0.05, 0.1) is 11.4 Å². The van der Waals surface area contributed by atoms with Crippen LogP contribution in [0, 0.1) is 0 Å². The zero-order chi connectivity index (χ0) is 16.7. The van der Waals surface area contributed by atoms with E-state index in [9.17, 15) is 0 Å². The molecule has 3 nitrogen and oxygen atoms in total. The Labute approximate surface area is 134 Å². The van der Waals surface area contributed by atoms with Crippen molar-refractivity contribution >= 4 is 11.5 Å². The molecule has 1 aromatic rings. The summed E-state index contributed by atoms with van der Waals surface area (Å²) in [6.07, 6.45) is 7.56. The van der Waals surface area contributed by atoms with Gasteiger partial charge in [-0.25, -0.2) is 9.98 Å². The van der Waals surface area contributed by atoms with Crippen LogP contribution in [0.3, 0.4) is 0 Å². The molecule has 0 aliphatic carbocycles. The highest BCUT2D eigenvalue weighted by Crippen LogP contribution is 2.14. The van der Waals surface area contributed by atoms with Crippen LogP contribution in [0.1, 0.15) is 26.3 Å². The van der Waals surface area contributed by atoms with Crippen LogP contribution >= 0.6 is 0 Å². The second-order valence-electron chi connectivity index (χ2n) is 5.58. The van der Waals surface area contributed by atoms with Gasteiger partial charge in [0.2, 0.25) is 0 Å². The van der Waals surface area contributed by atoms with E-state index < -0.39 is 0 Å². The Morgan fingerprint density at radius 2 is 1.86 bits per heavy atom. The van der Waals surface area contributed by atoms with Crippen molar-refractivity contribution in [3.63, 3.8) is 0 Å². The van der Waals surface area contributed by atoms with Gasteiger partial charge in [-0.05, 0) is 50.6 Å². The molecule has 0 N–H and O–H groups in total. The fourth-order valence-corrected chi connectivity index (χ4v) is 1.68. The molecule has 0 aliphatic heterocycles. The smallest absolute Gasteiger partial charge is 0.127 e. The first-order chi connectivity index (χ1) is 10.3. The van der Waals surface area contributed by atoms with Gasteiger partial charge in [0.1, 0.15) is 5.82 Å². The number of hydrogen-bond acceptors (Lipinski definition) is 3. The fraction of sp³-hybridized carbons (Fsp3) is 0.263. The highest BCUT2D eigenvalue weighted by molar-refractivity contribution is 6.08. The molecular weight excluding hydrogens is 270 g/mol. The SMILES string of the molecule is C=CC(=N/C(=C/C=C(C)C)C(=C)C)c1ccc(N(C)C)nc1. The van der Waals surface area contributed by atoms with E-state index in [0.29, 0.717) is 0 Å². The third-order valence-electron chi connectivity index (χ3n) is 2.95. The van der Waals surface area contributed by atoms with Gasteiger partial charge in [0.15, 0.2) is 0 Å². The molecule has 0 atom stereocenters. The van der Waals surface area contributed by atoms with E-state index >= 15 is 0 Å². The number of nitrogens with zero attached hydrogens (tertiary/aromatic N) is 3. The van der Waals surface area contributed by atoms with E-state index in [4.69, 9.17) is 0 Å². The molecule has 0 saturated carbocycles. The van der Waals surface area contributed by atoms with Crippen molar-refractivity contribution in [2.24, 2.45) is 4.99 Å². The normalized spacial score (nSPS) is 11.9. The third kappa shape index (κ3) is 5.17. The van der Waals surface area contributed by atoms with E-state index in [2.05, 4.69) is 37.0 Å². The summed E-state index contributed by atoms with van der Waals surface area (Å²) in [7, 11) is 3.93. The molecule has 0 saturated heterocycles. The summed E-state index contributed by atoms with van der Waals surface area (Å²) in [4.78, 5) is 11.1. The standard InChI is InChI=1S/C19H25N3/c1-8-17(16-10-12-19(20-13-16)22(6)7)21-18(15(4)5)11-9-14(2)3/h8-13H,1,4H2,2-3,5-7H3/b18-11+,21-17?. The minimum absolute atomic E-state index is 0.786. The lowest BCUT2D eigenvalue weighted by molar-refractivity contribution is 1.07. The maximum Gasteiger partial charge on any atom is 0.127 e. The van der Waals surface area contributed by atoms with Crippen molar-refractivity contribution in [3.8, 4) is 0 Å². The molecule has 3 heteroatoms. The summed E-state index contributed by atoms with van der Waals surface area (Å²) in [5.41, 5.74) is 4.69. The number of hydrogen-bond donors (Lipinski definition) is 0. The lowest BCUT2D eigenvalue weighted by Gasteiger charge is -2.11.